The minimum absolute atomic E-state index is 0.0530. The Balaban J connectivity index is 1.03. The summed E-state index contributed by atoms with van der Waals surface area (Å²) in [5, 5.41) is 4.58. The summed E-state index contributed by atoms with van der Waals surface area (Å²) in [6.45, 7) is -0.0530. The molecule has 3 aromatic heterocycles. The maximum absolute atomic E-state index is 5.39. The smallest absolute Gasteiger partial charge is 0.328 e. The molecule has 0 fully saturated rings. The third-order valence-corrected chi connectivity index (χ3v) is 12.8. The van der Waals surface area contributed by atoms with Crippen LogP contribution in [-0.4, -0.2) is 30.9 Å². The molecule has 7 heteroatoms. The summed E-state index contributed by atoms with van der Waals surface area (Å²) in [7, 11) is 0. The quantitative estimate of drug-likeness (QED) is 0.157. The van der Waals surface area contributed by atoms with Crippen LogP contribution < -0.4 is 15.7 Å². The molecule has 298 valence electrons. The molecule has 0 atom stereocenters. The maximum Gasteiger partial charge on any atom is 0.328 e. The summed E-state index contributed by atoms with van der Waals surface area (Å²) in [4.78, 5) is 18.7. The van der Waals surface area contributed by atoms with E-state index in [1.807, 2.05) is 0 Å². The zero-order chi connectivity index (χ0) is 42.1. The first kappa shape index (κ1) is 36.1. The van der Waals surface area contributed by atoms with Gasteiger partial charge in [0, 0.05) is 49.6 Å². The molecule has 0 amide bonds. The number of rotatable bonds is 6. The van der Waals surface area contributed by atoms with Crippen molar-refractivity contribution in [3.05, 3.63) is 224 Å². The van der Waals surface area contributed by atoms with Crippen molar-refractivity contribution in [2.45, 2.75) is 0 Å². The van der Waals surface area contributed by atoms with Crippen molar-refractivity contribution in [3.63, 3.8) is 0 Å². The van der Waals surface area contributed by atoms with Gasteiger partial charge in [-0.2, -0.15) is 15.0 Å². The van der Waals surface area contributed by atoms with Crippen LogP contribution in [0.4, 0.5) is 11.4 Å². The molecule has 0 aliphatic carbocycles. The zero-order valence-corrected chi connectivity index (χ0v) is 34.6. The molecular weight excluding hydrogens is 779 g/mol. The Morgan fingerprint density at radius 1 is 0.328 bits per heavy atom. The third-order valence-electron chi connectivity index (χ3n) is 12.8. The van der Waals surface area contributed by atoms with E-state index in [0.717, 1.165) is 66.0 Å². The van der Waals surface area contributed by atoms with Crippen LogP contribution >= 0.6 is 0 Å². The molecule has 64 heavy (non-hydrogen) atoms. The Morgan fingerprint density at radius 2 is 0.766 bits per heavy atom. The molecule has 0 spiro atoms. The van der Waals surface area contributed by atoms with Gasteiger partial charge in [0.25, 0.3) is 0 Å². The van der Waals surface area contributed by atoms with Gasteiger partial charge in [-0.3, -0.25) is 9.13 Å². The molecular formula is C57H37BN6. The monoisotopic (exact) mass is 816 g/mol. The van der Waals surface area contributed by atoms with Crippen LogP contribution in [0.15, 0.2) is 224 Å². The first-order valence-corrected chi connectivity index (χ1v) is 21.7. The van der Waals surface area contributed by atoms with Crippen molar-refractivity contribution in [2.24, 2.45) is 0 Å². The number of para-hydroxylation sites is 6. The van der Waals surface area contributed by atoms with Gasteiger partial charge in [0.15, 0.2) is 5.82 Å². The first-order valence-electron chi connectivity index (χ1n) is 21.7. The highest BCUT2D eigenvalue weighted by atomic mass is 15.3. The molecule has 1 aliphatic rings. The van der Waals surface area contributed by atoms with E-state index in [1.165, 1.54) is 27.7 Å². The molecule has 1 aliphatic heterocycles. The molecule has 6 nitrogen and oxygen atoms in total. The average Bonchev–Trinajstić information content (AvgIpc) is 3.89. The Hall–Kier alpha value is -8.55. The molecule has 4 heterocycles. The average molecular weight is 817 g/mol. The van der Waals surface area contributed by atoms with Gasteiger partial charge in [-0.1, -0.05) is 187 Å². The lowest BCUT2D eigenvalue weighted by Crippen LogP contribution is -2.57. The fraction of sp³-hybridized carbons (Fsp3) is 0. The molecule has 9 aromatic carbocycles. The third kappa shape index (κ3) is 5.57. The molecule has 0 radical (unpaired) electrons. The summed E-state index contributed by atoms with van der Waals surface area (Å²) in [6, 6.07) is 79.9. The van der Waals surface area contributed by atoms with Crippen molar-refractivity contribution in [2.75, 3.05) is 4.81 Å². The van der Waals surface area contributed by atoms with Crippen molar-refractivity contribution >= 4 is 72.8 Å². The fourth-order valence-corrected chi connectivity index (χ4v) is 10.1. The van der Waals surface area contributed by atoms with E-state index in [1.54, 1.807) is 0 Å². The number of hydrogen-bond acceptors (Lipinski definition) is 4. The van der Waals surface area contributed by atoms with Gasteiger partial charge in [0.2, 0.25) is 11.9 Å². The van der Waals surface area contributed by atoms with Crippen LogP contribution in [0.2, 0.25) is 0 Å². The second kappa shape index (κ2) is 14.5. The summed E-state index contributed by atoms with van der Waals surface area (Å²) < 4.78 is 4.36. The molecule has 13 rings (SSSR count). The summed E-state index contributed by atoms with van der Waals surface area (Å²) in [6.07, 6.45) is 0. The van der Waals surface area contributed by atoms with E-state index in [2.05, 4.69) is 238 Å². The maximum atomic E-state index is 5.39. The van der Waals surface area contributed by atoms with E-state index < -0.39 is 0 Å². The minimum atomic E-state index is -0.0530. The van der Waals surface area contributed by atoms with E-state index in [0.29, 0.717) is 17.7 Å². The van der Waals surface area contributed by atoms with E-state index in [-0.39, 0.29) is 6.85 Å². The predicted molar refractivity (Wildman–Crippen MR) is 265 cm³/mol. The van der Waals surface area contributed by atoms with Gasteiger partial charge in [0.05, 0.1) is 22.1 Å². The molecule has 0 N–H and O–H groups in total. The molecule has 12 aromatic rings. The van der Waals surface area contributed by atoms with E-state index >= 15 is 0 Å². The Labute approximate surface area is 370 Å². The first-order chi connectivity index (χ1) is 31.8. The van der Waals surface area contributed by atoms with Crippen molar-refractivity contribution in [1.29, 1.82) is 0 Å². The van der Waals surface area contributed by atoms with Gasteiger partial charge in [-0.15, -0.1) is 0 Å². The number of hydrogen-bond donors (Lipinski definition) is 0. The Bertz CT molecular complexity index is 3540. The predicted octanol–water partition coefficient (Wildman–Crippen LogP) is 12.3. The normalized spacial score (nSPS) is 12.3. The Kier molecular flexibility index (Phi) is 8.21. The largest absolute Gasteiger partial charge is 0.376 e. The lowest BCUT2D eigenvalue weighted by Gasteiger charge is -2.39. The standard InChI is InChI=1S/C57H37BN6/c1-2-21-40(22-3-1)58-48-30-11-4-24-42(48)43-25-10-17-36-54(43)64(58)53-35-16-5-23-41(53)38-19-18-20-39(37-38)55-59-56(62-49-31-12-6-26-44(49)45-27-7-13-32-50(45)62)61-57(60-55)63-51-33-14-8-28-46(51)47-29-9-15-34-52(47)63/h1-37H. The number of aromatic nitrogens is 5. The van der Waals surface area contributed by atoms with Gasteiger partial charge < -0.3 is 4.81 Å². The Morgan fingerprint density at radius 3 is 1.34 bits per heavy atom. The van der Waals surface area contributed by atoms with Crippen molar-refractivity contribution in [3.8, 4) is 45.5 Å². The zero-order valence-electron chi connectivity index (χ0n) is 34.6. The van der Waals surface area contributed by atoms with Gasteiger partial charge in [-0.25, -0.2) is 0 Å². The van der Waals surface area contributed by atoms with Crippen molar-refractivity contribution in [1.82, 2.24) is 24.1 Å². The van der Waals surface area contributed by atoms with Crippen LogP contribution in [0.3, 0.4) is 0 Å². The van der Waals surface area contributed by atoms with Crippen LogP contribution in [0, 0.1) is 0 Å². The fourth-order valence-electron chi connectivity index (χ4n) is 10.1. The second-order valence-corrected chi connectivity index (χ2v) is 16.4. The number of anilines is 2. The SMILES string of the molecule is c1ccc(B2c3ccccc3-c3ccccc3N2c2ccccc2-c2cccc(-c3nc(-n4c5ccccc5c5ccccc54)nc(-n4c5ccccc5c5ccccc54)n3)c2)cc1. The summed E-state index contributed by atoms with van der Waals surface area (Å²) >= 11 is 0. The lowest BCUT2D eigenvalue weighted by atomic mass is 9.45. The van der Waals surface area contributed by atoms with Crippen LogP contribution in [0.25, 0.3) is 89.2 Å². The minimum Gasteiger partial charge on any atom is -0.376 e. The summed E-state index contributed by atoms with van der Waals surface area (Å²) in [5.41, 5.74) is 14.5. The second-order valence-electron chi connectivity index (χ2n) is 16.4. The summed E-state index contributed by atoms with van der Waals surface area (Å²) in [5.74, 6) is 1.70. The highest BCUT2D eigenvalue weighted by Crippen LogP contribution is 2.44. The number of nitrogens with zero attached hydrogens (tertiary/aromatic N) is 6. The van der Waals surface area contributed by atoms with Gasteiger partial charge in [-0.05, 0) is 59.1 Å². The lowest BCUT2D eigenvalue weighted by molar-refractivity contribution is 0.893. The van der Waals surface area contributed by atoms with Gasteiger partial charge >= 0.3 is 6.85 Å². The van der Waals surface area contributed by atoms with Crippen LogP contribution in [0.5, 0.6) is 0 Å². The van der Waals surface area contributed by atoms with E-state index in [4.69, 9.17) is 15.0 Å². The number of fused-ring (bicyclic) bond motifs is 9. The highest BCUT2D eigenvalue weighted by molar-refractivity contribution is 6.91. The topological polar surface area (TPSA) is 51.8 Å². The van der Waals surface area contributed by atoms with Crippen LogP contribution in [-0.2, 0) is 0 Å². The number of benzene rings is 9. The van der Waals surface area contributed by atoms with E-state index in [9.17, 15) is 0 Å². The molecule has 0 saturated heterocycles. The van der Waals surface area contributed by atoms with Crippen LogP contribution in [0.1, 0.15) is 0 Å². The molecule has 0 saturated carbocycles. The van der Waals surface area contributed by atoms with Crippen molar-refractivity contribution < 1.29 is 0 Å². The highest BCUT2D eigenvalue weighted by Gasteiger charge is 2.37. The molecule has 0 unspecified atom stereocenters. The molecule has 0 bridgehead atoms. The van der Waals surface area contributed by atoms with Gasteiger partial charge in [0.1, 0.15) is 0 Å².